The van der Waals surface area contributed by atoms with Crippen LogP contribution in [0.4, 0.5) is 15.9 Å². The van der Waals surface area contributed by atoms with Gasteiger partial charge < -0.3 is 30.2 Å². The molecule has 2 heterocycles. The van der Waals surface area contributed by atoms with Crippen LogP contribution in [0.2, 0.25) is 5.02 Å². The highest BCUT2D eigenvalue weighted by molar-refractivity contribution is 6.33. The van der Waals surface area contributed by atoms with Crippen molar-refractivity contribution in [3.05, 3.63) is 41.3 Å². The van der Waals surface area contributed by atoms with Crippen LogP contribution in [0.1, 0.15) is 45.4 Å². The van der Waals surface area contributed by atoms with Crippen LogP contribution in [0.25, 0.3) is 11.1 Å². The molecule has 0 bridgehead atoms. The number of methoxy groups -OCH3 is 2. The van der Waals surface area contributed by atoms with E-state index in [1.54, 1.807) is 32.5 Å². The van der Waals surface area contributed by atoms with E-state index in [0.717, 1.165) is 62.1 Å². The van der Waals surface area contributed by atoms with Crippen molar-refractivity contribution in [3.8, 4) is 11.1 Å². The maximum absolute atomic E-state index is 14.7. The van der Waals surface area contributed by atoms with Gasteiger partial charge in [-0.1, -0.05) is 17.7 Å². The number of hydrogen-bond acceptors (Lipinski definition) is 7. The molecule has 1 aliphatic heterocycles. The van der Waals surface area contributed by atoms with E-state index in [2.05, 4.69) is 27.9 Å². The summed E-state index contributed by atoms with van der Waals surface area (Å²) in [6.45, 7) is 4.67. The Hall–Kier alpha value is -1.97. The Morgan fingerprint density at radius 2 is 1.86 bits per heavy atom. The van der Waals surface area contributed by atoms with E-state index in [1.807, 2.05) is 6.07 Å². The molecular weight excluding hydrogens is 495 g/mol. The second kappa shape index (κ2) is 13.2. The number of nitrogens with one attached hydrogen (secondary N) is 3. The zero-order valence-corrected chi connectivity index (χ0v) is 22.9. The molecule has 3 N–H and O–H groups in total. The van der Waals surface area contributed by atoms with Gasteiger partial charge in [0.1, 0.15) is 11.6 Å². The van der Waals surface area contributed by atoms with Crippen LogP contribution in [0.5, 0.6) is 0 Å². The fourth-order valence-corrected chi connectivity index (χ4v) is 5.55. The summed E-state index contributed by atoms with van der Waals surface area (Å²) < 4.78 is 31.2. The molecule has 4 rings (SSSR count). The quantitative estimate of drug-likeness (QED) is 0.351. The lowest BCUT2D eigenvalue weighted by Crippen LogP contribution is -2.44. The number of rotatable bonds is 11. The van der Waals surface area contributed by atoms with Gasteiger partial charge in [0, 0.05) is 76.7 Å². The molecule has 7 nitrogen and oxygen atoms in total. The van der Waals surface area contributed by atoms with Crippen molar-refractivity contribution in [1.29, 1.82) is 0 Å². The first kappa shape index (κ1) is 28.0. The molecule has 2 fully saturated rings. The average Bonchev–Trinajstić information content (AvgIpc) is 2.91. The number of pyridine rings is 1. The Morgan fingerprint density at radius 3 is 2.57 bits per heavy atom. The van der Waals surface area contributed by atoms with E-state index in [-0.39, 0.29) is 11.4 Å². The van der Waals surface area contributed by atoms with Crippen molar-refractivity contribution in [2.75, 3.05) is 51.2 Å². The Labute approximate surface area is 224 Å². The second-order valence-corrected chi connectivity index (χ2v) is 10.7. The van der Waals surface area contributed by atoms with Crippen LogP contribution in [-0.2, 0) is 14.2 Å². The summed E-state index contributed by atoms with van der Waals surface area (Å²) in [5.74, 6) is 0.471. The third kappa shape index (κ3) is 7.54. The monoisotopic (exact) mass is 534 g/mol. The van der Waals surface area contributed by atoms with E-state index in [9.17, 15) is 4.39 Å². The molecule has 2 aromatic rings. The largest absolute Gasteiger partial charge is 0.383 e. The molecule has 1 aliphatic carbocycles. The summed E-state index contributed by atoms with van der Waals surface area (Å²) in [7, 11) is 3.44. The highest BCUT2D eigenvalue weighted by atomic mass is 35.5. The zero-order valence-electron chi connectivity index (χ0n) is 22.1. The minimum absolute atomic E-state index is 0.309. The van der Waals surface area contributed by atoms with Crippen molar-refractivity contribution in [1.82, 2.24) is 10.3 Å². The fourth-order valence-electron chi connectivity index (χ4n) is 5.33. The minimum atomic E-state index is -0.359. The van der Waals surface area contributed by atoms with Gasteiger partial charge in [-0.25, -0.2) is 9.37 Å². The van der Waals surface area contributed by atoms with E-state index < -0.39 is 0 Å². The van der Waals surface area contributed by atoms with Crippen molar-refractivity contribution < 1.29 is 18.6 Å². The summed E-state index contributed by atoms with van der Waals surface area (Å²) in [4.78, 5) is 4.51. The van der Waals surface area contributed by atoms with Gasteiger partial charge in [0.05, 0.1) is 22.9 Å². The van der Waals surface area contributed by atoms with Gasteiger partial charge in [0.15, 0.2) is 0 Å². The number of nitrogens with zero attached hydrogens (tertiary/aromatic N) is 1. The average molecular weight is 535 g/mol. The molecule has 0 radical (unpaired) electrons. The Morgan fingerprint density at radius 1 is 1.14 bits per heavy atom. The number of ether oxygens (including phenoxy) is 3. The lowest BCUT2D eigenvalue weighted by atomic mass is 9.90. The van der Waals surface area contributed by atoms with Gasteiger partial charge in [-0.15, -0.1) is 0 Å². The minimum Gasteiger partial charge on any atom is -0.383 e. The van der Waals surface area contributed by atoms with Crippen LogP contribution in [0.15, 0.2) is 30.5 Å². The topological polar surface area (TPSA) is 76.7 Å². The number of aromatic nitrogens is 1. The van der Waals surface area contributed by atoms with Crippen LogP contribution in [-0.4, -0.2) is 69.3 Å². The number of halogens is 2. The molecule has 1 aromatic carbocycles. The van der Waals surface area contributed by atoms with E-state index in [0.29, 0.717) is 48.6 Å². The maximum atomic E-state index is 14.7. The van der Waals surface area contributed by atoms with Crippen molar-refractivity contribution in [3.63, 3.8) is 0 Å². The molecule has 1 aromatic heterocycles. The SMILES string of the molecule is COC[C@@H](C)NC1CCC(Nc2cc(-c3ccc(F)c(NCC4(OC)CCOCC4)c3)c(Cl)cn2)CC1. The van der Waals surface area contributed by atoms with Gasteiger partial charge in [-0.3, -0.25) is 0 Å². The lowest BCUT2D eigenvalue weighted by Gasteiger charge is -2.36. The summed E-state index contributed by atoms with van der Waals surface area (Å²) in [6.07, 6.45) is 7.54. The van der Waals surface area contributed by atoms with Crippen LogP contribution in [0, 0.1) is 5.82 Å². The Kier molecular flexibility index (Phi) is 10.0. The first-order valence-corrected chi connectivity index (χ1v) is 13.6. The predicted molar refractivity (Wildman–Crippen MR) is 147 cm³/mol. The third-order valence-corrected chi connectivity index (χ3v) is 7.89. The van der Waals surface area contributed by atoms with Crippen LogP contribution < -0.4 is 16.0 Å². The molecule has 204 valence electrons. The Bertz CT molecular complexity index is 1010. The molecule has 1 saturated heterocycles. The number of anilines is 2. The predicted octanol–water partition coefficient (Wildman–Crippen LogP) is 5.50. The van der Waals surface area contributed by atoms with Gasteiger partial charge >= 0.3 is 0 Å². The molecule has 0 spiro atoms. The smallest absolute Gasteiger partial charge is 0.146 e. The molecule has 2 aliphatic rings. The highest BCUT2D eigenvalue weighted by Gasteiger charge is 2.32. The van der Waals surface area contributed by atoms with Gasteiger partial charge in [-0.05, 0) is 56.4 Å². The zero-order chi connectivity index (χ0) is 26.3. The maximum Gasteiger partial charge on any atom is 0.146 e. The highest BCUT2D eigenvalue weighted by Crippen LogP contribution is 2.33. The molecule has 0 unspecified atom stereocenters. The number of hydrogen-bond donors (Lipinski definition) is 3. The molecular formula is C28H40ClFN4O3. The van der Waals surface area contributed by atoms with Gasteiger partial charge in [0.25, 0.3) is 0 Å². The van der Waals surface area contributed by atoms with Gasteiger partial charge in [-0.2, -0.15) is 0 Å². The summed E-state index contributed by atoms with van der Waals surface area (Å²) in [6, 6.07) is 8.22. The normalized spacial score (nSPS) is 22.4. The first-order chi connectivity index (χ1) is 17.9. The summed E-state index contributed by atoms with van der Waals surface area (Å²) >= 11 is 6.55. The van der Waals surface area contributed by atoms with Crippen LogP contribution >= 0.6 is 11.6 Å². The lowest BCUT2D eigenvalue weighted by molar-refractivity contribution is -0.0807. The van der Waals surface area contributed by atoms with Crippen LogP contribution in [0.3, 0.4) is 0 Å². The van der Waals surface area contributed by atoms with E-state index >= 15 is 0 Å². The molecule has 1 atom stereocenters. The van der Waals surface area contributed by atoms with Gasteiger partial charge in [0.2, 0.25) is 0 Å². The van der Waals surface area contributed by atoms with E-state index in [4.69, 9.17) is 25.8 Å². The van der Waals surface area contributed by atoms with Crippen molar-refractivity contribution >= 4 is 23.1 Å². The summed E-state index contributed by atoms with van der Waals surface area (Å²) in [5, 5.41) is 11.0. The second-order valence-electron chi connectivity index (χ2n) is 10.3. The standard InChI is InChI=1S/C28H40ClFN4O3/c1-19(17-35-2)33-21-5-7-22(8-6-21)34-27-15-23(24(29)16-31-27)20-4-9-25(30)26(14-20)32-18-28(36-3)10-12-37-13-11-28/h4,9,14-16,19,21-22,32-33H,5-8,10-13,17-18H2,1-3H3,(H,31,34)/t19-,21?,22?/m1/s1. The number of benzene rings is 1. The molecule has 9 heteroatoms. The van der Waals surface area contributed by atoms with E-state index in [1.165, 1.54) is 6.07 Å². The van der Waals surface area contributed by atoms with Crippen molar-refractivity contribution in [2.24, 2.45) is 0 Å². The molecule has 1 saturated carbocycles. The Balaban J connectivity index is 1.40. The molecule has 0 amide bonds. The first-order valence-electron chi connectivity index (χ1n) is 13.2. The third-order valence-electron chi connectivity index (χ3n) is 7.59. The molecule has 37 heavy (non-hydrogen) atoms. The fraction of sp³-hybridized carbons (Fsp3) is 0.607. The summed E-state index contributed by atoms with van der Waals surface area (Å²) in [5.41, 5.74) is 1.72. The van der Waals surface area contributed by atoms with Crippen molar-refractivity contribution in [2.45, 2.75) is 69.2 Å².